The highest BCUT2D eigenvalue weighted by atomic mass is 32.2. The van der Waals surface area contributed by atoms with E-state index in [1.807, 2.05) is 6.92 Å². The molecular weight excluding hydrogens is 288 g/mol. The van der Waals surface area contributed by atoms with Crippen LogP contribution in [0, 0.1) is 6.92 Å². The molecule has 0 aromatic heterocycles. The van der Waals surface area contributed by atoms with Gasteiger partial charge in [0.1, 0.15) is 5.75 Å². The Morgan fingerprint density at radius 2 is 2.14 bits per heavy atom. The van der Waals surface area contributed by atoms with E-state index in [9.17, 15) is 8.42 Å². The Morgan fingerprint density at radius 1 is 1.38 bits per heavy atom. The first-order valence-electron chi connectivity index (χ1n) is 7.29. The summed E-state index contributed by atoms with van der Waals surface area (Å²) in [6, 6.07) is 5.22. The van der Waals surface area contributed by atoms with E-state index in [4.69, 9.17) is 4.74 Å². The molecule has 0 amide bonds. The molecule has 1 fully saturated rings. The Bertz CT molecular complexity index is 581. The first kappa shape index (κ1) is 16.3. The number of aryl methyl sites for hydroxylation is 1. The Balaban J connectivity index is 2.14. The van der Waals surface area contributed by atoms with Crippen LogP contribution in [-0.4, -0.2) is 46.0 Å². The van der Waals surface area contributed by atoms with Gasteiger partial charge in [-0.2, -0.15) is 4.31 Å². The zero-order valence-corrected chi connectivity index (χ0v) is 13.7. The van der Waals surface area contributed by atoms with Crippen LogP contribution >= 0.6 is 0 Å². The Morgan fingerprint density at radius 3 is 2.71 bits per heavy atom. The average Bonchev–Trinajstić information content (AvgIpc) is 2.48. The Labute approximate surface area is 127 Å². The highest BCUT2D eigenvalue weighted by molar-refractivity contribution is 7.89. The fourth-order valence-electron chi connectivity index (χ4n) is 2.68. The van der Waals surface area contributed by atoms with Crippen molar-refractivity contribution in [3.63, 3.8) is 0 Å². The smallest absolute Gasteiger partial charge is 0.242 e. The van der Waals surface area contributed by atoms with Crippen molar-refractivity contribution in [3.05, 3.63) is 23.8 Å². The first-order chi connectivity index (χ1) is 9.95. The molecule has 0 saturated carbocycles. The third kappa shape index (κ3) is 3.75. The fourth-order valence-corrected chi connectivity index (χ4v) is 3.98. The highest BCUT2D eigenvalue weighted by Crippen LogP contribution is 2.23. The summed E-state index contributed by atoms with van der Waals surface area (Å²) in [5.41, 5.74) is 0.822. The molecule has 5 nitrogen and oxygen atoms in total. The molecule has 2 rings (SSSR count). The molecule has 1 aliphatic heterocycles. The number of likely N-dealkylation sites (N-methyl/N-ethyl adjacent to an activating group) is 1. The molecule has 0 spiro atoms. The Kier molecular flexibility index (Phi) is 5.24. The number of hydrogen-bond donors (Lipinski definition) is 1. The molecule has 0 radical (unpaired) electrons. The van der Waals surface area contributed by atoms with E-state index in [1.165, 1.54) is 10.7 Å². The second-order valence-corrected chi connectivity index (χ2v) is 7.61. The molecule has 1 saturated heterocycles. The van der Waals surface area contributed by atoms with Crippen molar-refractivity contribution in [3.8, 4) is 5.75 Å². The van der Waals surface area contributed by atoms with Crippen LogP contribution in [0.5, 0.6) is 5.75 Å². The maximum atomic E-state index is 12.6. The molecule has 0 bridgehead atoms. The number of sulfonamides is 1. The molecule has 1 aliphatic rings. The number of rotatable bonds is 5. The van der Waals surface area contributed by atoms with Crippen molar-refractivity contribution in [2.24, 2.45) is 0 Å². The minimum Gasteiger partial charge on any atom is -0.496 e. The lowest BCUT2D eigenvalue weighted by Crippen LogP contribution is -2.44. The molecule has 1 heterocycles. The van der Waals surface area contributed by atoms with E-state index >= 15 is 0 Å². The predicted octanol–water partition coefficient (Wildman–Crippen LogP) is 1.77. The van der Waals surface area contributed by atoms with E-state index in [2.05, 4.69) is 5.32 Å². The summed E-state index contributed by atoms with van der Waals surface area (Å²) in [4.78, 5) is 0.319. The molecule has 21 heavy (non-hydrogen) atoms. The van der Waals surface area contributed by atoms with Gasteiger partial charge in [0.25, 0.3) is 0 Å². The lowest BCUT2D eigenvalue weighted by atomic mass is 10.1. The normalized spacial score (nSPS) is 19.7. The fraction of sp³-hybridized carbons (Fsp3) is 0.600. The molecule has 6 heteroatoms. The van der Waals surface area contributed by atoms with Crippen LogP contribution in [0.15, 0.2) is 23.1 Å². The second-order valence-electron chi connectivity index (χ2n) is 5.56. The third-order valence-electron chi connectivity index (χ3n) is 3.96. The van der Waals surface area contributed by atoms with Gasteiger partial charge < -0.3 is 10.1 Å². The lowest BCUT2D eigenvalue weighted by molar-refractivity contribution is 0.337. The van der Waals surface area contributed by atoms with Gasteiger partial charge in [-0.15, -0.1) is 0 Å². The van der Waals surface area contributed by atoms with Crippen molar-refractivity contribution in [1.82, 2.24) is 9.62 Å². The van der Waals surface area contributed by atoms with Gasteiger partial charge in [-0.1, -0.05) is 6.42 Å². The van der Waals surface area contributed by atoms with Gasteiger partial charge >= 0.3 is 0 Å². The quantitative estimate of drug-likeness (QED) is 0.900. The van der Waals surface area contributed by atoms with Crippen LogP contribution in [0.25, 0.3) is 0 Å². The molecule has 118 valence electrons. The number of nitrogens with one attached hydrogen (secondary N) is 1. The van der Waals surface area contributed by atoms with Gasteiger partial charge in [-0.25, -0.2) is 8.42 Å². The van der Waals surface area contributed by atoms with Crippen LogP contribution in [-0.2, 0) is 10.0 Å². The monoisotopic (exact) mass is 312 g/mol. The van der Waals surface area contributed by atoms with E-state index in [0.29, 0.717) is 17.2 Å². The average molecular weight is 312 g/mol. The van der Waals surface area contributed by atoms with Crippen LogP contribution in [0.2, 0.25) is 0 Å². The van der Waals surface area contributed by atoms with Crippen molar-refractivity contribution in [1.29, 1.82) is 0 Å². The lowest BCUT2D eigenvalue weighted by Gasteiger charge is -2.28. The number of piperidine rings is 1. The summed E-state index contributed by atoms with van der Waals surface area (Å²) in [7, 11) is -0.223. The number of methoxy groups -OCH3 is 1. The largest absolute Gasteiger partial charge is 0.496 e. The molecule has 1 N–H and O–H groups in total. The second kappa shape index (κ2) is 6.77. The molecular formula is C15H24N2O3S. The number of benzene rings is 1. The van der Waals surface area contributed by atoms with E-state index in [1.54, 1.807) is 32.4 Å². The van der Waals surface area contributed by atoms with E-state index in [-0.39, 0.29) is 6.04 Å². The van der Waals surface area contributed by atoms with Gasteiger partial charge in [0.05, 0.1) is 12.0 Å². The summed E-state index contributed by atoms with van der Waals surface area (Å²) in [5.74, 6) is 0.700. The van der Waals surface area contributed by atoms with Crippen LogP contribution < -0.4 is 10.1 Å². The van der Waals surface area contributed by atoms with Crippen LogP contribution in [0.1, 0.15) is 24.8 Å². The zero-order valence-electron chi connectivity index (χ0n) is 12.9. The standard InChI is InChI=1S/C15H24N2O3S/c1-12-10-14(7-8-15(12)20-3)21(18,19)17(2)11-13-6-4-5-9-16-13/h7-8,10,13,16H,4-6,9,11H2,1-3H3. The molecule has 1 atom stereocenters. The number of ether oxygens (including phenoxy) is 1. The molecule has 1 aromatic rings. The van der Waals surface area contributed by atoms with Crippen LogP contribution in [0.4, 0.5) is 0 Å². The highest BCUT2D eigenvalue weighted by Gasteiger charge is 2.25. The SMILES string of the molecule is COc1ccc(S(=O)(=O)N(C)CC2CCCCN2)cc1C. The summed E-state index contributed by atoms with van der Waals surface area (Å²) in [6.07, 6.45) is 3.36. The maximum absolute atomic E-state index is 12.6. The maximum Gasteiger partial charge on any atom is 0.242 e. The van der Waals surface area contributed by atoms with Gasteiger partial charge in [0.2, 0.25) is 10.0 Å². The summed E-state index contributed by atoms with van der Waals surface area (Å²) in [5, 5.41) is 3.38. The summed E-state index contributed by atoms with van der Waals surface area (Å²) in [6.45, 7) is 3.33. The first-order valence-corrected chi connectivity index (χ1v) is 8.73. The third-order valence-corrected chi connectivity index (χ3v) is 5.78. The molecule has 1 aromatic carbocycles. The zero-order chi connectivity index (χ0) is 15.5. The van der Waals surface area contributed by atoms with Gasteiger partial charge in [-0.05, 0) is 50.1 Å². The summed E-state index contributed by atoms with van der Waals surface area (Å²) < 4.78 is 31.8. The minimum atomic E-state index is -3.45. The summed E-state index contributed by atoms with van der Waals surface area (Å²) >= 11 is 0. The predicted molar refractivity (Wildman–Crippen MR) is 83.2 cm³/mol. The van der Waals surface area contributed by atoms with Crippen molar-refractivity contribution in [2.45, 2.75) is 37.1 Å². The van der Waals surface area contributed by atoms with E-state index < -0.39 is 10.0 Å². The van der Waals surface area contributed by atoms with Gasteiger partial charge in [0.15, 0.2) is 0 Å². The topological polar surface area (TPSA) is 58.6 Å². The van der Waals surface area contributed by atoms with Gasteiger partial charge in [0, 0.05) is 19.6 Å². The van der Waals surface area contributed by atoms with E-state index in [0.717, 1.165) is 24.9 Å². The number of nitrogens with zero attached hydrogens (tertiary/aromatic N) is 1. The molecule has 1 unspecified atom stereocenters. The Hall–Kier alpha value is -1.11. The molecule has 0 aliphatic carbocycles. The van der Waals surface area contributed by atoms with Gasteiger partial charge in [-0.3, -0.25) is 0 Å². The van der Waals surface area contributed by atoms with Crippen LogP contribution in [0.3, 0.4) is 0 Å². The number of hydrogen-bond acceptors (Lipinski definition) is 4. The van der Waals surface area contributed by atoms with Crippen molar-refractivity contribution in [2.75, 3.05) is 27.2 Å². The minimum absolute atomic E-state index is 0.248. The van der Waals surface area contributed by atoms with Crippen molar-refractivity contribution >= 4 is 10.0 Å². The van der Waals surface area contributed by atoms with Crippen molar-refractivity contribution < 1.29 is 13.2 Å².